The van der Waals surface area contributed by atoms with Gasteiger partial charge in [0.25, 0.3) is 0 Å². The molecule has 0 atom stereocenters. The number of halogens is 2. The van der Waals surface area contributed by atoms with Crippen LogP contribution in [0.5, 0.6) is 0 Å². The van der Waals surface area contributed by atoms with E-state index in [9.17, 15) is 23.2 Å². The molecule has 0 saturated carbocycles. The second-order valence-electron chi connectivity index (χ2n) is 8.87. The average molecular weight is 591 g/mol. The van der Waals surface area contributed by atoms with E-state index in [0.29, 0.717) is 21.7 Å². The third kappa shape index (κ3) is 7.78. The van der Waals surface area contributed by atoms with E-state index >= 15 is 0 Å². The molecule has 0 bridgehead atoms. The molecule has 0 aliphatic carbocycles. The van der Waals surface area contributed by atoms with Crippen LogP contribution in [-0.4, -0.2) is 57.4 Å². The fourth-order valence-electron chi connectivity index (χ4n) is 3.97. The zero-order valence-electron chi connectivity index (χ0n) is 23.4. The van der Waals surface area contributed by atoms with Crippen molar-refractivity contribution in [2.24, 2.45) is 0 Å². The highest BCUT2D eigenvalue weighted by Crippen LogP contribution is 2.44. The van der Waals surface area contributed by atoms with Crippen molar-refractivity contribution in [2.45, 2.75) is 26.9 Å². The molecule has 0 fully saturated rings. The molecular formula is C28H32F2N4O6S. The van der Waals surface area contributed by atoms with E-state index in [1.165, 1.54) is 13.2 Å². The Labute approximate surface area is 240 Å². The van der Waals surface area contributed by atoms with Crippen molar-refractivity contribution in [1.29, 1.82) is 0 Å². The summed E-state index contributed by atoms with van der Waals surface area (Å²) in [5.41, 5.74) is 3.59. The van der Waals surface area contributed by atoms with Crippen molar-refractivity contribution < 1.29 is 37.5 Å². The summed E-state index contributed by atoms with van der Waals surface area (Å²) < 4.78 is 40.0. The number of ether oxygens (including phenoxy) is 2. The summed E-state index contributed by atoms with van der Waals surface area (Å²) in [7, 11) is 4.94. The van der Waals surface area contributed by atoms with Crippen LogP contribution in [0.4, 0.5) is 29.1 Å². The Morgan fingerprint density at radius 1 is 0.902 bits per heavy atom. The monoisotopic (exact) mass is 590 g/mol. The van der Waals surface area contributed by atoms with Crippen molar-refractivity contribution in [1.82, 2.24) is 10.4 Å². The lowest BCUT2D eigenvalue weighted by atomic mass is 10.0. The summed E-state index contributed by atoms with van der Waals surface area (Å²) in [6.45, 7) is 3.07. The molecule has 2 aromatic carbocycles. The number of nitrogens with one attached hydrogen (secondary N) is 2. The first kappa shape index (κ1) is 31.5. The molecule has 0 spiro atoms. The second-order valence-corrected chi connectivity index (χ2v) is 9.87. The van der Waals surface area contributed by atoms with E-state index in [4.69, 9.17) is 9.47 Å². The third-order valence-corrected chi connectivity index (χ3v) is 6.96. The number of esters is 1. The first-order valence-electron chi connectivity index (χ1n) is 12.7. The van der Waals surface area contributed by atoms with Crippen molar-refractivity contribution in [3.05, 3.63) is 70.8 Å². The third-order valence-electron chi connectivity index (χ3n) is 5.65. The van der Waals surface area contributed by atoms with Gasteiger partial charge in [-0.2, -0.15) is 0 Å². The quantitative estimate of drug-likeness (QED) is 0.215. The molecule has 13 heteroatoms. The molecule has 41 heavy (non-hydrogen) atoms. The largest absolute Gasteiger partial charge is 0.462 e. The molecule has 1 aromatic heterocycles. The van der Waals surface area contributed by atoms with Gasteiger partial charge < -0.3 is 19.7 Å². The summed E-state index contributed by atoms with van der Waals surface area (Å²) in [6.07, 6.45) is -0.881. The Morgan fingerprint density at radius 2 is 1.54 bits per heavy atom. The highest BCUT2D eigenvalue weighted by atomic mass is 32.1. The van der Waals surface area contributed by atoms with Gasteiger partial charge in [0, 0.05) is 28.2 Å². The number of carbonyl (C=O) groups is 3. The van der Waals surface area contributed by atoms with Gasteiger partial charge in [0.2, 0.25) is 0 Å². The van der Waals surface area contributed by atoms with Crippen LogP contribution in [0.25, 0.3) is 10.4 Å². The van der Waals surface area contributed by atoms with Crippen LogP contribution in [-0.2, 0) is 27.4 Å². The van der Waals surface area contributed by atoms with Crippen LogP contribution in [0.15, 0.2) is 42.5 Å². The molecule has 10 nitrogen and oxygen atoms in total. The number of carbonyl (C=O) groups excluding carboxylic acids is 3. The van der Waals surface area contributed by atoms with E-state index in [1.54, 1.807) is 38.1 Å². The van der Waals surface area contributed by atoms with Crippen molar-refractivity contribution in [3.63, 3.8) is 0 Å². The minimum atomic E-state index is -0.881. The van der Waals surface area contributed by atoms with Gasteiger partial charge in [-0.25, -0.2) is 28.6 Å². The zero-order chi connectivity index (χ0) is 30.1. The molecule has 0 radical (unpaired) electrons. The molecule has 2 N–H and O–H groups in total. The van der Waals surface area contributed by atoms with Crippen molar-refractivity contribution in [2.75, 3.05) is 44.6 Å². The number of nitrogens with zero attached hydrogens (tertiary/aromatic N) is 2. The minimum Gasteiger partial charge on any atom is -0.462 e. The van der Waals surface area contributed by atoms with Gasteiger partial charge in [0.05, 0.1) is 32.4 Å². The van der Waals surface area contributed by atoms with Gasteiger partial charge >= 0.3 is 18.1 Å². The van der Waals surface area contributed by atoms with Crippen molar-refractivity contribution in [3.8, 4) is 10.4 Å². The number of benzene rings is 2. The zero-order valence-corrected chi connectivity index (χ0v) is 24.2. The molecular weight excluding hydrogens is 558 g/mol. The van der Waals surface area contributed by atoms with E-state index in [-0.39, 0.29) is 35.9 Å². The average Bonchev–Trinajstić information content (AvgIpc) is 3.27. The summed E-state index contributed by atoms with van der Waals surface area (Å²) >= 11 is 1.09. The van der Waals surface area contributed by atoms with E-state index in [1.807, 2.05) is 19.0 Å². The van der Waals surface area contributed by atoms with Gasteiger partial charge in [-0.15, -0.1) is 11.3 Å². The van der Waals surface area contributed by atoms with Crippen LogP contribution in [0.3, 0.4) is 0 Å². The second kappa shape index (κ2) is 14.5. The maximum absolute atomic E-state index is 14.7. The number of hydrogen-bond donors (Lipinski definition) is 2. The van der Waals surface area contributed by atoms with E-state index < -0.39 is 36.3 Å². The highest BCUT2D eigenvalue weighted by molar-refractivity contribution is 7.20. The molecule has 0 aliphatic heterocycles. The molecule has 1 heterocycles. The Balaban J connectivity index is 2.22. The summed E-state index contributed by atoms with van der Waals surface area (Å²) in [5.74, 6) is -2.38. The van der Waals surface area contributed by atoms with Gasteiger partial charge in [-0.1, -0.05) is 18.2 Å². The molecule has 3 rings (SSSR count). The predicted molar refractivity (Wildman–Crippen MR) is 152 cm³/mol. The first-order valence-corrected chi connectivity index (χ1v) is 13.5. The number of thiophene rings is 1. The van der Waals surface area contributed by atoms with Crippen LogP contribution >= 0.6 is 11.3 Å². The number of urea groups is 1. The molecule has 3 amide bonds. The lowest BCUT2D eigenvalue weighted by Gasteiger charge is -2.22. The Bertz CT molecular complexity index is 1360. The maximum atomic E-state index is 14.7. The molecule has 220 valence electrons. The smallest absolute Gasteiger partial charge is 0.415 e. The number of amides is 3. The predicted octanol–water partition coefficient (Wildman–Crippen LogP) is 5.78. The lowest BCUT2D eigenvalue weighted by molar-refractivity contribution is 0.0526. The van der Waals surface area contributed by atoms with Gasteiger partial charge in [0.15, 0.2) is 0 Å². The van der Waals surface area contributed by atoms with Gasteiger partial charge in [0.1, 0.15) is 16.6 Å². The van der Waals surface area contributed by atoms with Gasteiger partial charge in [-0.3, -0.25) is 9.74 Å². The maximum Gasteiger partial charge on any atom is 0.415 e. The van der Waals surface area contributed by atoms with E-state index in [0.717, 1.165) is 28.4 Å². The topological polar surface area (TPSA) is 109 Å². The molecule has 0 saturated heterocycles. The van der Waals surface area contributed by atoms with Crippen molar-refractivity contribution >= 4 is 40.1 Å². The minimum absolute atomic E-state index is 0.00226. The van der Waals surface area contributed by atoms with Crippen LogP contribution in [0.1, 0.15) is 35.3 Å². The Morgan fingerprint density at radius 3 is 2.10 bits per heavy atom. The number of hydrogen-bond acceptors (Lipinski definition) is 8. The van der Waals surface area contributed by atoms with Gasteiger partial charge in [-0.05, 0) is 57.8 Å². The number of anilines is 2. The first-order chi connectivity index (χ1) is 19.6. The van der Waals surface area contributed by atoms with Crippen LogP contribution in [0, 0.1) is 11.6 Å². The number of rotatable bonds is 11. The van der Waals surface area contributed by atoms with E-state index in [2.05, 4.69) is 15.6 Å². The van der Waals surface area contributed by atoms with Crippen LogP contribution in [0.2, 0.25) is 0 Å². The van der Waals surface area contributed by atoms with Crippen LogP contribution < -0.4 is 15.7 Å². The highest BCUT2D eigenvalue weighted by Gasteiger charge is 2.33. The summed E-state index contributed by atoms with van der Waals surface area (Å²) in [6, 6.07) is 9.62. The Kier molecular flexibility index (Phi) is 11.1. The Hall–Kier alpha value is -4.07. The molecule has 0 unspecified atom stereocenters. The fourth-order valence-corrected chi connectivity index (χ4v) is 5.27. The normalized spacial score (nSPS) is 10.8. The SMILES string of the molecule is CCOC(=O)c1c(N(Cc2c(F)cccc2F)C(=O)OCC)sc(-c2ccc(NC(=O)NOC)cc2)c1CN(C)C. The standard InChI is InChI=1S/C28H32F2N4O6S/c1-6-39-26(35)23-20(15-33(3)4)24(17-11-13-18(14-12-17)31-27(36)32-38-5)41-25(23)34(28(37)40-7-2)16-19-21(29)9-8-10-22(19)30/h8-14H,6-7,15-16H2,1-5H3,(H2,31,32,36). The summed E-state index contributed by atoms with van der Waals surface area (Å²) in [5, 5.41) is 2.73. The lowest BCUT2D eigenvalue weighted by Crippen LogP contribution is -2.32. The molecule has 3 aromatic rings. The fraction of sp³-hybridized carbons (Fsp3) is 0.321. The summed E-state index contributed by atoms with van der Waals surface area (Å²) in [4.78, 5) is 46.5. The molecule has 0 aliphatic rings. The number of hydroxylamine groups is 1.